The molecule has 0 bridgehead atoms. The van der Waals surface area contributed by atoms with Crippen LogP contribution in [0.2, 0.25) is 10.0 Å². The van der Waals surface area contributed by atoms with Gasteiger partial charge in [-0.15, -0.1) is 11.6 Å². The second-order valence-corrected chi connectivity index (χ2v) is 6.88. The molecule has 3 rings (SSSR count). The van der Waals surface area contributed by atoms with Gasteiger partial charge in [-0.25, -0.2) is 0 Å². The van der Waals surface area contributed by atoms with Crippen LogP contribution in [0.4, 0.5) is 0 Å². The molecule has 1 aliphatic carbocycles. The van der Waals surface area contributed by atoms with Gasteiger partial charge in [0.1, 0.15) is 0 Å². The fraction of sp³-hybridized carbons (Fsp3) is 0.600. The summed E-state index contributed by atoms with van der Waals surface area (Å²) >= 11 is 18.4. The highest BCUT2D eigenvalue weighted by molar-refractivity contribution is 6.42. The van der Waals surface area contributed by atoms with Crippen molar-refractivity contribution in [3.05, 3.63) is 33.8 Å². The molecule has 4 heteroatoms. The zero-order valence-electron chi connectivity index (χ0n) is 10.7. The largest absolute Gasteiger partial charge is 0.377 e. The Morgan fingerprint density at radius 2 is 2.00 bits per heavy atom. The summed E-state index contributed by atoms with van der Waals surface area (Å²) in [6.45, 7) is 0.829. The van der Waals surface area contributed by atoms with Crippen molar-refractivity contribution in [3.8, 4) is 0 Å². The molecule has 1 aromatic rings. The first-order valence-corrected chi connectivity index (χ1v) is 8.05. The molecule has 2 unspecified atom stereocenters. The fourth-order valence-corrected chi connectivity index (χ4v) is 3.88. The van der Waals surface area contributed by atoms with Crippen LogP contribution >= 0.6 is 34.8 Å². The van der Waals surface area contributed by atoms with Gasteiger partial charge in [-0.05, 0) is 49.3 Å². The standard InChI is InChI=1S/C15H17Cl3O/c16-9-15(5-6-19-14(15)11-2-3-11)8-10-1-4-12(17)13(18)7-10/h1,4,7,11,14H,2-3,5-6,8-9H2. The lowest BCUT2D eigenvalue weighted by atomic mass is 9.76. The van der Waals surface area contributed by atoms with Crippen molar-refractivity contribution in [1.82, 2.24) is 0 Å². The molecule has 1 heterocycles. The molecule has 2 fully saturated rings. The van der Waals surface area contributed by atoms with Crippen LogP contribution in [-0.2, 0) is 11.2 Å². The summed E-state index contributed by atoms with van der Waals surface area (Å²) in [6.07, 6.45) is 4.85. The van der Waals surface area contributed by atoms with E-state index < -0.39 is 0 Å². The summed E-state index contributed by atoms with van der Waals surface area (Å²) in [5, 5.41) is 1.22. The summed E-state index contributed by atoms with van der Waals surface area (Å²) < 4.78 is 5.97. The molecule has 0 amide bonds. The van der Waals surface area contributed by atoms with Crippen molar-refractivity contribution in [2.75, 3.05) is 12.5 Å². The van der Waals surface area contributed by atoms with E-state index in [1.807, 2.05) is 18.2 Å². The predicted molar refractivity (Wildman–Crippen MR) is 80.4 cm³/mol. The van der Waals surface area contributed by atoms with E-state index in [-0.39, 0.29) is 5.41 Å². The Kier molecular flexibility index (Phi) is 4.01. The Labute approximate surface area is 129 Å². The molecule has 1 aliphatic heterocycles. The van der Waals surface area contributed by atoms with Gasteiger partial charge in [0.15, 0.2) is 0 Å². The molecule has 2 aliphatic rings. The first kappa shape index (κ1) is 14.0. The Morgan fingerprint density at radius 3 is 2.63 bits per heavy atom. The van der Waals surface area contributed by atoms with Crippen LogP contribution in [0, 0.1) is 11.3 Å². The maximum Gasteiger partial charge on any atom is 0.0674 e. The van der Waals surface area contributed by atoms with Gasteiger partial charge >= 0.3 is 0 Å². The van der Waals surface area contributed by atoms with E-state index in [0.29, 0.717) is 27.9 Å². The Hall–Kier alpha value is 0.0500. The summed E-state index contributed by atoms with van der Waals surface area (Å²) in [5.41, 5.74) is 1.27. The topological polar surface area (TPSA) is 9.23 Å². The van der Waals surface area contributed by atoms with Crippen molar-refractivity contribution < 1.29 is 4.74 Å². The highest BCUT2D eigenvalue weighted by atomic mass is 35.5. The van der Waals surface area contributed by atoms with Crippen LogP contribution in [0.25, 0.3) is 0 Å². The second kappa shape index (κ2) is 5.44. The summed E-state index contributed by atoms with van der Waals surface area (Å²) in [7, 11) is 0. The third-order valence-corrected chi connectivity index (χ3v) is 5.63. The van der Waals surface area contributed by atoms with E-state index in [4.69, 9.17) is 39.5 Å². The van der Waals surface area contributed by atoms with Crippen molar-refractivity contribution in [2.45, 2.75) is 31.8 Å². The minimum Gasteiger partial charge on any atom is -0.377 e. The summed E-state index contributed by atoms with van der Waals surface area (Å²) in [6, 6.07) is 5.87. The number of rotatable bonds is 4. The van der Waals surface area contributed by atoms with Crippen molar-refractivity contribution in [3.63, 3.8) is 0 Å². The summed E-state index contributed by atoms with van der Waals surface area (Å²) in [5.74, 6) is 1.36. The van der Waals surface area contributed by atoms with E-state index in [9.17, 15) is 0 Å². The lowest BCUT2D eigenvalue weighted by molar-refractivity contribution is 0.0403. The van der Waals surface area contributed by atoms with Crippen LogP contribution in [-0.4, -0.2) is 18.6 Å². The average molecular weight is 320 g/mol. The van der Waals surface area contributed by atoms with Gasteiger partial charge in [0.05, 0.1) is 16.1 Å². The van der Waals surface area contributed by atoms with Gasteiger partial charge in [0.25, 0.3) is 0 Å². The number of hydrogen-bond donors (Lipinski definition) is 0. The van der Waals surface area contributed by atoms with Crippen LogP contribution in [0.5, 0.6) is 0 Å². The molecule has 0 radical (unpaired) electrons. The molecular weight excluding hydrogens is 303 g/mol. The summed E-state index contributed by atoms with van der Waals surface area (Å²) in [4.78, 5) is 0. The molecule has 0 spiro atoms. The van der Waals surface area contributed by atoms with Crippen LogP contribution < -0.4 is 0 Å². The zero-order valence-corrected chi connectivity index (χ0v) is 12.9. The average Bonchev–Trinajstić information content (AvgIpc) is 3.16. The molecule has 1 saturated heterocycles. The SMILES string of the molecule is ClCC1(Cc2ccc(Cl)c(Cl)c2)CCOC1C1CC1. The lowest BCUT2D eigenvalue weighted by Crippen LogP contribution is -2.36. The minimum absolute atomic E-state index is 0.0693. The number of alkyl halides is 1. The smallest absolute Gasteiger partial charge is 0.0674 e. The number of benzene rings is 1. The highest BCUT2D eigenvalue weighted by Gasteiger charge is 2.50. The second-order valence-electron chi connectivity index (χ2n) is 5.80. The molecule has 1 saturated carbocycles. The number of hydrogen-bond acceptors (Lipinski definition) is 1. The van der Waals surface area contributed by atoms with Gasteiger partial charge < -0.3 is 4.74 Å². The van der Waals surface area contributed by atoms with Crippen molar-refractivity contribution >= 4 is 34.8 Å². The lowest BCUT2D eigenvalue weighted by Gasteiger charge is -2.32. The fourth-order valence-electron chi connectivity index (χ4n) is 3.18. The van der Waals surface area contributed by atoms with E-state index >= 15 is 0 Å². The molecule has 19 heavy (non-hydrogen) atoms. The first-order chi connectivity index (χ1) is 9.14. The monoisotopic (exact) mass is 318 g/mol. The molecular formula is C15H17Cl3O. The quantitative estimate of drug-likeness (QED) is 0.713. The van der Waals surface area contributed by atoms with Crippen molar-refractivity contribution in [1.29, 1.82) is 0 Å². The number of halogens is 3. The molecule has 1 nitrogen and oxygen atoms in total. The first-order valence-electron chi connectivity index (χ1n) is 6.76. The van der Waals surface area contributed by atoms with E-state index in [1.54, 1.807) is 0 Å². The van der Waals surface area contributed by atoms with Crippen LogP contribution in [0.15, 0.2) is 18.2 Å². The van der Waals surface area contributed by atoms with E-state index in [0.717, 1.165) is 19.4 Å². The van der Waals surface area contributed by atoms with Crippen LogP contribution in [0.1, 0.15) is 24.8 Å². The molecule has 104 valence electrons. The van der Waals surface area contributed by atoms with Crippen LogP contribution in [0.3, 0.4) is 0 Å². The third-order valence-electron chi connectivity index (χ3n) is 4.36. The Morgan fingerprint density at radius 1 is 1.21 bits per heavy atom. The van der Waals surface area contributed by atoms with Gasteiger partial charge in [-0.3, -0.25) is 0 Å². The normalized spacial score (nSPS) is 30.8. The molecule has 0 aromatic heterocycles. The number of ether oxygens (including phenoxy) is 1. The van der Waals surface area contributed by atoms with E-state index in [2.05, 4.69) is 0 Å². The minimum atomic E-state index is 0.0693. The van der Waals surface area contributed by atoms with Gasteiger partial charge in [0.2, 0.25) is 0 Å². The maximum absolute atomic E-state index is 6.31. The molecule has 1 aromatic carbocycles. The Bertz CT molecular complexity index is 472. The highest BCUT2D eigenvalue weighted by Crippen LogP contribution is 2.50. The van der Waals surface area contributed by atoms with Gasteiger partial charge in [-0.1, -0.05) is 29.3 Å². The van der Waals surface area contributed by atoms with Crippen molar-refractivity contribution in [2.24, 2.45) is 11.3 Å². The third kappa shape index (κ3) is 2.76. The molecule has 0 N–H and O–H groups in total. The predicted octanol–water partition coefficient (Wildman–Crippen LogP) is 4.96. The van der Waals surface area contributed by atoms with Gasteiger partial charge in [0, 0.05) is 17.9 Å². The maximum atomic E-state index is 6.31. The molecule has 2 atom stereocenters. The zero-order chi connectivity index (χ0) is 13.5. The van der Waals surface area contributed by atoms with E-state index in [1.165, 1.54) is 18.4 Å². The van der Waals surface area contributed by atoms with Gasteiger partial charge in [-0.2, -0.15) is 0 Å². The Balaban J connectivity index is 1.83.